The summed E-state index contributed by atoms with van der Waals surface area (Å²) in [5.41, 5.74) is 0. The number of hydrogen-bond acceptors (Lipinski definition) is 4. The van der Waals surface area contributed by atoms with Crippen molar-refractivity contribution >= 4 is 5.97 Å². The van der Waals surface area contributed by atoms with Gasteiger partial charge in [0.05, 0.1) is 18.6 Å². The summed E-state index contributed by atoms with van der Waals surface area (Å²) in [6.07, 6.45) is 1.60. The quantitative estimate of drug-likeness (QED) is 0.607. The maximum atomic E-state index is 11.2. The SMILES string of the molecule is COCC1CC(CCC#N)C(=O)O1. The van der Waals surface area contributed by atoms with Crippen molar-refractivity contribution in [2.75, 3.05) is 13.7 Å². The third-order valence-corrected chi connectivity index (χ3v) is 2.12. The zero-order valence-electron chi connectivity index (χ0n) is 7.66. The first-order valence-corrected chi connectivity index (χ1v) is 4.34. The molecule has 1 fully saturated rings. The zero-order chi connectivity index (χ0) is 9.68. The molecule has 2 unspecified atom stereocenters. The standard InChI is InChI=1S/C9H13NO3/c1-12-6-8-5-7(3-2-4-10)9(11)13-8/h7-8H,2-3,5-6H2,1H3. The summed E-state index contributed by atoms with van der Waals surface area (Å²) in [6, 6.07) is 2.02. The summed E-state index contributed by atoms with van der Waals surface area (Å²) in [5.74, 6) is -0.280. The Balaban J connectivity index is 2.34. The predicted octanol–water partition coefficient (Wildman–Crippen LogP) is 0.868. The van der Waals surface area contributed by atoms with Gasteiger partial charge < -0.3 is 9.47 Å². The Hall–Kier alpha value is -1.08. The first-order valence-electron chi connectivity index (χ1n) is 4.34. The summed E-state index contributed by atoms with van der Waals surface area (Å²) in [5, 5.41) is 8.36. The molecule has 0 saturated carbocycles. The fourth-order valence-corrected chi connectivity index (χ4v) is 1.48. The van der Waals surface area contributed by atoms with Crippen LogP contribution < -0.4 is 0 Å². The molecule has 4 heteroatoms. The molecule has 4 nitrogen and oxygen atoms in total. The van der Waals surface area contributed by atoms with E-state index in [1.807, 2.05) is 6.07 Å². The largest absolute Gasteiger partial charge is 0.460 e. The van der Waals surface area contributed by atoms with Crippen LogP contribution in [0.5, 0.6) is 0 Å². The van der Waals surface area contributed by atoms with Crippen molar-refractivity contribution in [2.24, 2.45) is 5.92 Å². The molecule has 0 aliphatic carbocycles. The van der Waals surface area contributed by atoms with Gasteiger partial charge in [-0.2, -0.15) is 5.26 Å². The number of esters is 1. The van der Waals surface area contributed by atoms with E-state index < -0.39 is 0 Å². The molecule has 0 aromatic carbocycles. The van der Waals surface area contributed by atoms with Gasteiger partial charge in [-0.05, 0) is 12.8 Å². The fraction of sp³-hybridized carbons (Fsp3) is 0.778. The molecule has 0 N–H and O–H groups in total. The predicted molar refractivity (Wildman–Crippen MR) is 44.7 cm³/mol. The van der Waals surface area contributed by atoms with Gasteiger partial charge in [0.25, 0.3) is 0 Å². The Kier molecular flexibility index (Phi) is 3.71. The lowest BCUT2D eigenvalue weighted by Gasteiger charge is -2.05. The van der Waals surface area contributed by atoms with Crippen LogP contribution in [0.1, 0.15) is 19.3 Å². The minimum atomic E-state index is -0.183. The lowest BCUT2D eigenvalue weighted by molar-refractivity contribution is -0.145. The molecule has 0 spiro atoms. The zero-order valence-corrected chi connectivity index (χ0v) is 7.66. The van der Waals surface area contributed by atoms with Crippen molar-refractivity contribution < 1.29 is 14.3 Å². The molecule has 2 atom stereocenters. The van der Waals surface area contributed by atoms with Crippen LogP contribution in [0.4, 0.5) is 0 Å². The number of nitriles is 1. The minimum Gasteiger partial charge on any atom is -0.460 e. The van der Waals surface area contributed by atoms with E-state index in [1.165, 1.54) is 0 Å². The highest BCUT2D eigenvalue weighted by Gasteiger charge is 2.33. The summed E-state index contributed by atoms with van der Waals surface area (Å²) >= 11 is 0. The molecular weight excluding hydrogens is 170 g/mol. The average Bonchev–Trinajstić information content (AvgIpc) is 2.44. The molecule has 13 heavy (non-hydrogen) atoms. The van der Waals surface area contributed by atoms with Gasteiger partial charge in [0.1, 0.15) is 6.10 Å². The third-order valence-electron chi connectivity index (χ3n) is 2.12. The van der Waals surface area contributed by atoms with Gasteiger partial charge in [-0.3, -0.25) is 4.79 Å². The number of ether oxygens (including phenoxy) is 2. The van der Waals surface area contributed by atoms with E-state index in [0.717, 1.165) is 0 Å². The first kappa shape index (κ1) is 10.0. The van der Waals surface area contributed by atoms with Gasteiger partial charge in [-0.15, -0.1) is 0 Å². The van der Waals surface area contributed by atoms with Crippen LogP contribution >= 0.6 is 0 Å². The normalized spacial score (nSPS) is 26.9. The Morgan fingerprint density at radius 2 is 2.54 bits per heavy atom. The van der Waals surface area contributed by atoms with Crippen molar-refractivity contribution in [2.45, 2.75) is 25.4 Å². The summed E-state index contributed by atoms with van der Waals surface area (Å²) in [7, 11) is 1.58. The minimum absolute atomic E-state index is 0.0974. The Morgan fingerprint density at radius 1 is 1.77 bits per heavy atom. The highest BCUT2D eigenvalue weighted by Crippen LogP contribution is 2.25. The number of methoxy groups -OCH3 is 1. The molecule has 1 aliphatic rings. The van der Waals surface area contributed by atoms with E-state index in [-0.39, 0.29) is 18.0 Å². The number of rotatable bonds is 4. The number of nitrogens with zero attached hydrogens (tertiary/aromatic N) is 1. The average molecular weight is 183 g/mol. The first-order chi connectivity index (χ1) is 6.27. The monoisotopic (exact) mass is 183 g/mol. The highest BCUT2D eigenvalue weighted by atomic mass is 16.6. The maximum Gasteiger partial charge on any atom is 0.309 e. The van der Waals surface area contributed by atoms with E-state index in [4.69, 9.17) is 14.7 Å². The van der Waals surface area contributed by atoms with E-state index in [0.29, 0.717) is 25.9 Å². The number of cyclic esters (lactones) is 1. The van der Waals surface area contributed by atoms with Gasteiger partial charge in [-0.1, -0.05) is 0 Å². The van der Waals surface area contributed by atoms with E-state index in [2.05, 4.69) is 0 Å². The van der Waals surface area contributed by atoms with Crippen molar-refractivity contribution in [3.05, 3.63) is 0 Å². The molecule has 0 amide bonds. The number of hydrogen-bond donors (Lipinski definition) is 0. The van der Waals surface area contributed by atoms with Crippen LogP contribution in [-0.2, 0) is 14.3 Å². The van der Waals surface area contributed by atoms with Crippen molar-refractivity contribution in [1.82, 2.24) is 0 Å². The van der Waals surface area contributed by atoms with Crippen LogP contribution in [0, 0.1) is 17.2 Å². The molecule has 1 saturated heterocycles. The number of carbonyl (C=O) groups excluding carboxylic acids is 1. The topological polar surface area (TPSA) is 59.3 Å². The van der Waals surface area contributed by atoms with E-state index in [1.54, 1.807) is 7.11 Å². The molecule has 72 valence electrons. The molecule has 0 radical (unpaired) electrons. The van der Waals surface area contributed by atoms with Gasteiger partial charge in [0, 0.05) is 13.5 Å². The second-order valence-electron chi connectivity index (χ2n) is 3.14. The maximum absolute atomic E-state index is 11.2. The molecule has 0 bridgehead atoms. The van der Waals surface area contributed by atoms with Gasteiger partial charge in [0.2, 0.25) is 0 Å². The van der Waals surface area contributed by atoms with Crippen LogP contribution in [0.15, 0.2) is 0 Å². The summed E-state index contributed by atoms with van der Waals surface area (Å²) < 4.78 is 9.92. The summed E-state index contributed by atoms with van der Waals surface area (Å²) in [6.45, 7) is 0.453. The smallest absolute Gasteiger partial charge is 0.309 e. The summed E-state index contributed by atoms with van der Waals surface area (Å²) in [4.78, 5) is 11.2. The van der Waals surface area contributed by atoms with Gasteiger partial charge in [0.15, 0.2) is 0 Å². The van der Waals surface area contributed by atoms with Crippen LogP contribution in [-0.4, -0.2) is 25.8 Å². The second-order valence-corrected chi connectivity index (χ2v) is 3.14. The van der Waals surface area contributed by atoms with Gasteiger partial charge in [-0.25, -0.2) is 0 Å². The third kappa shape index (κ3) is 2.71. The molecular formula is C9H13NO3. The lowest BCUT2D eigenvalue weighted by atomic mass is 10.00. The second kappa shape index (κ2) is 4.83. The fourth-order valence-electron chi connectivity index (χ4n) is 1.48. The van der Waals surface area contributed by atoms with Crippen LogP contribution in [0.25, 0.3) is 0 Å². The number of carbonyl (C=O) groups is 1. The Morgan fingerprint density at radius 3 is 3.15 bits per heavy atom. The lowest BCUT2D eigenvalue weighted by Crippen LogP contribution is -2.13. The van der Waals surface area contributed by atoms with Crippen molar-refractivity contribution in [3.8, 4) is 6.07 Å². The molecule has 0 aromatic rings. The van der Waals surface area contributed by atoms with Crippen molar-refractivity contribution in [3.63, 3.8) is 0 Å². The molecule has 1 aliphatic heterocycles. The van der Waals surface area contributed by atoms with Gasteiger partial charge >= 0.3 is 5.97 Å². The molecule has 0 aromatic heterocycles. The molecule has 1 heterocycles. The van der Waals surface area contributed by atoms with Crippen LogP contribution in [0.3, 0.4) is 0 Å². The van der Waals surface area contributed by atoms with Crippen LogP contribution in [0.2, 0.25) is 0 Å². The Labute approximate surface area is 77.4 Å². The molecule has 1 rings (SSSR count). The Bertz CT molecular complexity index is 221. The van der Waals surface area contributed by atoms with E-state index >= 15 is 0 Å². The van der Waals surface area contributed by atoms with Crippen molar-refractivity contribution in [1.29, 1.82) is 5.26 Å². The van der Waals surface area contributed by atoms with E-state index in [9.17, 15) is 4.79 Å². The highest BCUT2D eigenvalue weighted by molar-refractivity contribution is 5.74.